The maximum Gasteiger partial charge on any atom is 0.335 e. The van der Waals surface area contributed by atoms with Crippen molar-refractivity contribution in [3.8, 4) is 17.4 Å². The van der Waals surface area contributed by atoms with Crippen LogP contribution in [0.4, 0.5) is 11.4 Å². The standard InChI is InChI=1S/C17H12ClN3O5/c18-10-2-1-8(17(23)24)5-12(10)20-21-15-9-6-13-14(26-4-3-25-13)7-11(9)19-16(15)22/h1-2,5-7,19,22H,3-4H2,(H,23,24). The SMILES string of the molecule is O=C(O)c1ccc(Cl)c(N=Nc2c(O)[nH]c3cc4c(cc23)OCCO4)c1. The number of aromatic carboxylic acids is 1. The van der Waals surface area contributed by atoms with Crippen molar-refractivity contribution in [2.24, 2.45) is 10.2 Å². The lowest BCUT2D eigenvalue weighted by Crippen LogP contribution is -2.15. The lowest BCUT2D eigenvalue weighted by Gasteiger charge is -2.18. The van der Waals surface area contributed by atoms with Crippen LogP contribution >= 0.6 is 11.6 Å². The Balaban J connectivity index is 1.77. The van der Waals surface area contributed by atoms with E-state index in [-0.39, 0.29) is 27.8 Å². The van der Waals surface area contributed by atoms with Crippen molar-refractivity contribution in [1.29, 1.82) is 0 Å². The van der Waals surface area contributed by atoms with Gasteiger partial charge in [0.15, 0.2) is 17.2 Å². The van der Waals surface area contributed by atoms with Gasteiger partial charge in [-0.2, -0.15) is 0 Å². The first-order valence-corrected chi connectivity index (χ1v) is 7.99. The summed E-state index contributed by atoms with van der Waals surface area (Å²) in [6.07, 6.45) is 0. The number of halogens is 1. The van der Waals surface area contributed by atoms with Gasteiger partial charge in [0.2, 0.25) is 5.88 Å². The average Bonchev–Trinajstić information content (AvgIpc) is 2.93. The van der Waals surface area contributed by atoms with Gasteiger partial charge in [0.25, 0.3) is 0 Å². The topological polar surface area (TPSA) is 116 Å². The molecular formula is C17H12ClN3O5. The Bertz CT molecular complexity index is 1060. The molecule has 0 aliphatic carbocycles. The summed E-state index contributed by atoms with van der Waals surface area (Å²) in [6.45, 7) is 0.888. The molecule has 0 radical (unpaired) electrons. The number of azo groups is 1. The number of aromatic nitrogens is 1. The predicted molar refractivity (Wildman–Crippen MR) is 93.5 cm³/mol. The van der Waals surface area contributed by atoms with E-state index in [1.54, 1.807) is 12.1 Å². The number of ether oxygens (including phenoxy) is 2. The average molecular weight is 374 g/mol. The summed E-state index contributed by atoms with van der Waals surface area (Å²) in [4.78, 5) is 13.9. The lowest BCUT2D eigenvalue weighted by molar-refractivity contribution is 0.0697. The molecule has 0 saturated heterocycles. The number of H-pyrrole nitrogens is 1. The van der Waals surface area contributed by atoms with Crippen LogP contribution in [-0.4, -0.2) is 34.4 Å². The van der Waals surface area contributed by atoms with Crippen molar-refractivity contribution in [3.63, 3.8) is 0 Å². The van der Waals surface area contributed by atoms with Crippen molar-refractivity contribution >= 4 is 39.8 Å². The van der Waals surface area contributed by atoms with Crippen LogP contribution in [0, 0.1) is 0 Å². The number of hydrogen-bond donors (Lipinski definition) is 3. The van der Waals surface area contributed by atoms with Gasteiger partial charge in [-0.05, 0) is 24.3 Å². The molecule has 0 atom stereocenters. The number of nitrogens with one attached hydrogen (secondary N) is 1. The maximum absolute atomic E-state index is 11.1. The molecule has 0 saturated carbocycles. The first-order valence-electron chi connectivity index (χ1n) is 7.62. The highest BCUT2D eigenvalue weighted by atomic mass is 35.5. The highest BCUT2D eigenvalue weighted by Gasteiger charge is 2.18. The van der Waals surface area contributed by atoms with Gasteiger partial charge in [0.1, 0.15) is 18.9 Å². The van der Waals surface area contributed by atoms with E-state index in [0.29, 0.717) is 35.6 Å². The van der Waals surface area contributed by atoms with E-state index in [0.717, 1.165) is 0 Å². The maximum atomic E-state index is 11.1. The van der Waals surface area contributed by atoms with Gasteiger partial charge in [-0.1, -0.05) is 11.6 Å². The third-order valence-corrected chi connectivity index (χ3v) is 4.19. The van der Waals surface area contributed by atoms with Crippen LogP contribution in [-0.2, 0) is 0 Å². The Morgan fingerprint density at radius 3 is 2.58 bits per heavy atom. The van der Waals surface area contributed by atoms with E-state index < -0.39 is 5.97 Å². The zero-order valence-electron chi connectivity index (χ0n) is 13.2. The fourth-order valence-electron chi connectivity index (χ4n) is 2.63. The summed E-state index contributed by atoms with van der Waals surface area (Å²) in [5.41, 5.74) is 1.00. The third kappa shape index (κ3) is 2.80. The lowest BCUT2D eigenvalue weighted by atomic mass is 10.2. The van der Waals surface area contributed by atoms with Crippen LogP contribution in [0.2, 0.25) is 5.02 Å². The van der Waals surface area contributed by atoms with Crippen LogP contribution in [0.15, 0.2) is 40.6 Å². The normalized spacial score (nSPS) is 13.4. The number of carbonyl (C=O) groups is 1. The van der Waals surface area contributed by atoms with Crippen LogP contribution < -0.4 is 9.47 Å². The Morgan fingerprint density at radius 1 is 1.12 bits per heavy atom. The molecule has 0 fully saturated rings. The second-order valence-electron chi connectivity index (χ2n) is 5.54. The molecule has 1 aliphatic rings. The minimum atomic E-state index is -1.10. The Hall–Kier alpha value is -3.26. The van der Waals surface area contributed by atoms with Gasteiger partial charge in [-0.15, -0.1) is 10.2 Å². The molecule has 4 rings (SSSR count). The van der Waals surface area contributed by atoms with Crippen molar-refractivity contribution < 1.29 is 24.5 Å². The Kier molecular flexibility index (Phi) is 3.89. The predicted octanol–water partition coefficient (Wildman–Crippen LogP) is 4.41. The monoisotopic (exact) mass is 373 g/mol. The quantitative estimate of drug-likeness (QED) is 0.588. The molecule has 2 heterocycles. The van der Waals surface area contributed by atoms with E-state index in [2.05, 4.69) is 15.2 Å². The number of fused-ring (bicyclic) bond motifs is 2. The van der Waals surface area contributed by atoms with Gasteiger partial charge in [-0.25, -0.2) is 4.79 Å². The molecule has 1 aliphatic heterocycles. The molecule has 1 aromatic heterocycles. The number of nitrogens with zero attached hydrogens (tertiary/aromatic N) is 2. The highest BCUT2D eigenvalue weighted by molar-refractivity contribution is 6.33. The zero-order chi connectivity index (χ0) is 18.3. The highest BCUT2D eigenvalue weighted by Crippen LogP contribution is 2.43. The Morgan fingerprint density at radius 2 is 1.85 bits per heavy atom. The van der Waals surface area contributed by atoms with Crippen molar-refractivity contribution in [2.45, 2.75) is 0 Å². The molecule has 3 aromatic rings. The number of carboxylic acid groups (broad SMARTS) is 1. The van der Waals surface area contributed by atoms with E-state index in [1.165, 1.54) is 18.2 Å². The van der Waals surface area contributed by atoms with E-state index in [4.69, 9.17) is 26.2 Å². The summed E-state index contributed by atoms with van der Waals surface area (Å²) < 4.78 is 11.0. The number of aromatic hydroxyl groups is 1. The smallest absolute Gasteiger partial charge is 0.335 e. The molecule has 26 heavy (non-hydrogen) atoms. The fraction of sp³-hybridized carbons (Fsp3) is 0.118. The zero-order valence-corrected chi connectivity index (χ0v) is 13.9. The van der Waals surface area contributed by atoms with Crippen LogP contribution in [0.1, 0.15) is 10.4 Å². The minimum absolute atomic E-state index is 0.0334. The van der Waals surface area contributed by atoms with Gasteiger partial charge >= 0.3 is 5.97 Å². The molecule has 3 N–H and O–H groups in total. The van der Waals surface area contributed by atoms with Gasteiger partial charge in [-0.3, -0.25) is 0 Å². The molecule has 0 unspecified atom stereocenters. The number of hydrogen-bond acceptors (Lipinski definition) is 6. The van der Waals surface area contributed by atoms with E-state index >= 15 is 0 Å². The molecule has 2 aromatic carbocycles. The molecule has 0 bridgehead atoms. The minimum Gasteiger partial charge on any atom is -0.493 e. The van der Waals surface area contributed by atoms with E-state index in [9.17, 15) is 9.90 Å². The van der Waals surface area contributed by atoms with E-state index in [1.807, 2.05) is 0 Å². The molecule has 0 amide bonds. The van der Waals surface area contributed by atoms with Crippen molar-refractivity contribution in [3.05, 3.63) is 40.9 Å². The molecule has 132 valence electrons. The number of carboxylic acids is 1. The number of rotatable bonds is 3. The largest absolute Gasteiger partial charge is 0.493 e. The Labute approximate surface area is 151 Å². The number of benzene rings is 2. The first-order chi connectivity index (χ1) is 12.5. The van der Waals surface area contributed by atoms with Crippen molar-refractivity contribution in [2.75, 3.05) is 13.2 Å². The van der Waals surface area contributed by atoms with Crippen molar-refractivity contribution in [1.82, 2.24) is 4.98 Å². The summed E-state index contributed by atoms with van der Waals surface area (Å²) >= 11 is 6.04. The molecule has 0 spiro atoms. The summed E-state index contributed by atoms with van der Waals surface area (Å²) in [5, 5.41) is 28.1. The first kappa shape index (κ1) is 16.2. The third-order valence-electron chi connectivity index (χ3n) is 3.87. The molecule has 9 heteroatoms. The summed E-state index contributed by atoms with van der Waals surface area (Å²) in [6, 6.07) is 7.51. The second-order valence-corrected chi connectivity index (χ2v) is 5.94. The molecular weight excluding hydrogens is 362 g/mol. The van der Waals surface area contributed by atoms with Gasteiger partial charge in [0, 0.05) is 11.5 Å². The summed E-state index contributed by atoms with van der Waals surface area (Å²) in [5.74, 6) is -0.163. The second kappa shape index (κ2) is 6.23. The van der Waals surface area contributed by atoms with Gasteiger partial charge in [0.05, 0.1) is 16.1 Å². The van der Waals surface area contributed by atoms with Crippen LogP contribution in [0.5, 0.6) is 17.4 Å². The fourth-order valence-corrected chi connectivity index (χ4v) is 2.79. The van der Waals surface area contributed by atoms with Crippen LogP contribution in [0.3, 0.4) is 0 Å². The molecule has 8 nitrogen and oxygen atoms in total. The van der Waals surface area contributed by atoms with Gasteiger partial charge < -0.3 is 24.7 Å². The number of aromatic amines is 1. The van der Waals surface area contributed by atoms with Crippen LogP contribution in [0.25, 0.3) is 10.9 Å². The summed E-state index contributed by atoms with van der Waals surface area (Å²) in [7, 11) is 0.